The van der Waals surface area contributed by atoms with Gasteiger partial charge >= 0.3 is 5.97 Å². The molecule has 3 N–H and O–H groups in total. The van der Waals surface area contributed by atoms with E-state index >= 15 is 0 Å². The highest BCUT2D eigenvalue weighted by Crippen LogP contribution is 2.02. The minimum absolute atomic E-state index is 0.209. The first-order chi connectivity index (χ1) is 8.08. The molecule has 2 atom stereocenters. The van der Waals surface area contributed by atoms with Crippen LogP contribution < -0.4 is 5.32 Å². The van der Waals surface area contributed by atoms with Crippen molar-refractivity contribution in [3.8, 4) is 0 Å². The summed E-state index contributed by atoms with van der Waals surface area (Å²) in [6.45, 7) is 2.32. The van der Waals surface area contributed by atoms with E-state index in [1.54, 1.807) is 0 Å². The Hall–Kier alpha value is -1.39. The van der Waals surface area contributed by atoms with E-state index in [-0.39, 0.29) is 12.5 Å². The van der Waals surface area contributed by atoms with Gasteiger partial charge in [-0.2, -0.15) is 0 Å². The summed E-state index contributed by atoms with van der Waals surface area (Å²) < 4.78 is 0. The average molecular weight is 237 g/mol. The van der Waals surface area contributed by atoms with Crippen molar-refractivity contribution >= 4 is 5.97 Å². The predicted octanol–water partition coefficient (Wildman–Crippen LogP) is 1.04. The highest BCUT2D eigenvalue weighted by Gasteiger charge is 2.10. The maximum atomic E-state index is 10.4. The number of nitrogens with one attached hydrogen (secondary N) is 1. The fourth-order valence-corrected chi connectivity index (χ4v) is 1.65. The lowest BCUT2D eigenvalue weighted by Crippen LogP contribution is -2.35. The lowest BCUT2D eigenvalue weighted by atomic mass is 10.1. The molecule has 1 rings (SSSR count). The maximum Gasteiger partial charge on any atom is 0.306 e. The second-order valence-electron chi connectivity index (χ2n) is 4.25. The number of benzene rings is 1. The van der Waals surface area contributed by atoms with Gasteiger partial charge in [-0.15, -0.1) is 0 Å². The molecule has 0 fully saturated rings. The van der Waals surface area contributed by atoms with Gasteiger partial charge in [0.05, 0.1) is 12.5 Å². The number of aliphatic hydroxyl groups is 1. The number of aliphatic hydroxyl groups excluding tert-OH is 1. The van der Waals surface area contributed by atoms with Crippen LogP contribution in [0.3, 0.4) is 0 Å². The highest BCUT2D eigenvalue weighted by atomic mass is 16.4. The van der Waals surface area contributed by atoms with Gasteiger partial charge in [-0.25, -0.2) is 0 Å². The Bertz CT molecular complexity index is 340. The first-order valence-corrected chi connectivity index (χ1v) is 5.75. The molecule has 0 radical (unpaired) electrons. The summed E-state index contributed by atoms with van der Waals surface area (Å²) >= 11 is 0. The fraction of sp³-hybridized carbons (Fsp3) is 0.462. The molecular weight excluding hydrogens is 218 g/mol. The number of hydrogen-bond acceptors (Lipinski definition) is 3. The molecule has 0 aliphatic rings. The Morgan fingerprint density at radius 1 is 1.35 bits per heavy atom. The number of carboxylic acids is 1. The van der Waals surface area contributed by atoms with E-state index in [1.165, 1.54) is 5.56 Å². The standard InChI is InChI=1S/C13H19NO3/c1-10(7-11-5-3-2-4-6-11)14-9-12(15)8-13(16)17/h2-6,10,12,14-15H,7-9H2,1H3,(H,16,17). The Morgan fingerprint density at radius 2 is 2.00 bits per heavy atom. The second-order valence-corrected chi connectivity index (χ2v) is 4.25. The molecule has 0 heterocycles. The summed E-state index contributed by atoms with van der Waals surface area (Å²) in [6.07, 6.45) is -0.184. The van der Waals surface area contributed by atoms with Gasteiger partial charge in [-0.05, 0) is 18.9 Å². The molecule has 94 valence electrons. The molecule has 2 unspecified atom stereocenters. The molecule has 0 saturated heterocycles. The topological polar surface area (TPSA) is 69.6 Å². The van der Waals surface area contributed by atoms with Crippen LogP contribution in [0.2, 0.25) is 0 Å². The molecule has 0 spiro atoms. The SMILES string of the molecule is CC(Cc1ccccc1)NCC(O)CC(=O)O. The molecule has 0 amide bonds. The summed E-state index contributed by atoms with van der Waals surface area (Å²) in [6, 6.07) is 10.2. The third-order valence-electron chi connectivity index (χ3n) is 2.50. The molecule has 0 bridgehead atoms. The summed E-state index contributed by atoms with van der Waals surface area (Å²) in [5.74, 6) is -0.977. The van der Waals surface area contributed by atoms with Crippen LogP contribution in [0.4, 0.5) is 0 Å². The smallest absolute Gasteiger partial charge is 0.306 e. The van der Waals surface area contributed by atoms with Crippen LogP contribution in [0, 0.1) is 0 Å². The minimum Gasteiger partial charge on any atom is -0.481 e. The molecule has 0 saturated carbocycles. The van der Waals surface area contributed by atoms with Crippen LogP contribution in [0.5, 0.6) is 0 Å². The first-order valence-electron chi connectivity index (χ1n) is 5.75. The largest absolute Gasteiger partial charge is 0.481 e. The van der Waals surface area contributed by atoms with Crippen molar-refractivity contribution < 1.29 is 15.0 Å². The number of carboxylic acid groups (broad SMARTS) is 1. The lowest BCUT2D eigenvalue weighted by Gasteiger charge is -2.16. The molecule has 1 aromatic rings. The Morgan fingerprint density at radius 3 is 2.59 bits per heavy atom. The predicted molar refractivity (Wildman–Crippen MR) is 65.9 cm³/mol. The van der Waals surface area contributed by atoms with Gasteiger partial charge in [0.1, 0.15) is 0 Å². The number of hydrogen-bond donors (Lipinski definition) is 3. The zero-order chi connectivity index (χ0) is 12.7. The summed E-state index contributed by atoms with van der Waals surface area (Å²) in [5.41, 5.74) is 1.22. The quantitative estimate of drug-likeness (QED) is 0.663. The summed E-state index contributed by atoms with van der Waals surface area (Å²) in [5, 5.41) is 21.0. The van der Waals surface area contributed by atoms with Crippen molar-refractivity contribution in [1.82, 2.24) is 5.32 Å². The van der Waals surface area contributed by atoms with Crippen LogP contribution in [-0.4, -0.2) is 34.9 Å². The number of carbonyl (C=O) groups is 1. The van der Waals surface area contributed by atoms with Crippen LogP contribution in [-0.2, 0) is 11.2 Å². The lowest BCUT2D eigenvalue weighted by molar-refractivity contribution is -0.139. The van der Waals surface area contributed by atoms with Crippen molar-refractivity contribution in [2.45, 2.75) is 31.9 Å². The monoisotopic (exact) mass is 237 g/mol. The van der Waals surface area contributed by atoms with E-state index in [9.17, 15) is 9.90 Å². The second kappa shape index (κ2) is 7.04. The van der Waals surface area contributed by atoms with E-state index in [2.05, 4.69) is 5.32 Å². The molecule has 0 aliphatic carbocycles. The van der Waals surface area contributed by atoms with Crippen LogP contribution >= 0.6 is 0 Å². The van der Waals surface area contributed by atoms with E-state index in [1.807, 2.05) is 37.3 Å². The van der Waals surface area contributed by atoms with Crippen LogP contribution in [0.1, 0.15) is 18.9 Å². The molecule has 4 nitrogen and oxygen atoms in total. The normalized spacial score (nSPS) is 14.2. The van der Waals surface area contributed by atoms with Crippen molar-refractivity contribution in [1.29, 1.82) is 0 Å². The van der Waals surface area contributed by atoms with E-state index in [0.717, 1.165) is 6.42 Å². The molecular formula is C13H19NO3. The fourth-order valence-electron chi connectivity index (χ4n) is 1.65. The molecule has 1 aromatic carbocycles. The first kappa shape index (κ1) is 13.7. The Labute approximate surface area is 101 Å². The van der Waals surface area contributed by atoms with Crippen molar-refractivity contribution in [3.05, 3.63) is 35.9 Å². The van der Waals surface area contributed by atoms with Crippen LogP contribution in [0.15, 0.2) is 30.3 Å². The van der Waals surface area contributed by atoms with Crippen molar-refractivity contribution in [3.63, 3.8) is 0 Å². The van der Waals surface area contributed by atoms with Crippen molar-refractivity contribution in [2.24, 2.45) is 0 Å². The average Bonchev–Trinajstić information content (AvgIpc) is 2.27. The third kappa shape index (κ3) is 6.04. The molecule has 4 heteroatoms. The maximum absolute atomic E-state index is 10.4. The summed E-state index contributed by atoms with van der Waals surface area (Å²) in [7, 11) is 0. The van der Waals surface area contributed by atoms with Gasteiger partial charge in [0, 0.05) is 12.6 Å². The van der Waals surface area contributed by atoms with Gasteiger partial charge < -0.3 is 15.5 Å². The summed E-state index contributed by atoms with van der Waals surface area (Å²) in [4.78, 5) is 10.4. The van der Waals surface area contributed by atoms with E-state index < -0.39 is 12.1 Å². The van der Waals surface area contributed by atoms with Gasteiger partial charge in [-0.3, -0.25) is 4.79 Å². The number of rotatable bonds is 7. The third-order valence-corrected chi connectivity index (χ3v) is 2.50. The molecule has 17 heavy (non-hydrogen) atoms. The molecule has 0 aliphatic heterocycles. The highest BCUT2D eigenvalue weighted by molar-refractivity contribution is 5.67. The van der Waals surface area contributed by atoms with Gasteiger partial charge in [0.2, 0.25) is 0 Å². The van der Waals surface area contributed by atoms with Crippen molar-refractivity contribution in [2.75, 3.05) is 6.54 Å². The van der Waals surface area contributed by atoms with Gasteiger partial charge in [-0.1, -0.05) is 30.3 Å². The zero-order valence-corrected chi connectivity index (χ0v) is 9.97. The minimum atomic E-state index is -0.977. The van der Waals surface area contributed by atoms with Gasteiger partial charge in [0.25, 0.3) is 0 Å². The van der Waals surface area contributed by atoms with E-state index in [0.29, 0.717) is 6.54 Å². The van der Waals surface area contributed by atoms with Crippen LogP contribution in [0.25, 0.3) is 0 Å². The Balaban J connectivity index is 2.26. The Kier molecular flexibility index (Phi) is 5.66. The van der Waals surface area contributed by atoms with E-state index in [4.69, 9.17) is 5.11 Å². The van der Waals surface area contributed by atoms with Gasteiger partial charge in [0.15, 0.2) is 0 Å². The number of aliphatic carboxylic acids is 1. The molecule has 0 aromatic heterocycles. The zero-order valence-electron chi connectivity index (χ0n) is 9.97.